The first-order valence-corrected chi connectivity index (χ1v) is 6.33. The van der Waals surface area contributed by atoms with Crippen molar-refractivity contribution >= 4 is 28.7 Å². The van der Waals surface area contributed by atoms with Crippen molar-refractivity contribution in [2.45, 2.75) is 6.92 Å². The van der Waals surface area contributed by atoms with E-state index in [1.54, 1.807) is 41.3 Å². The molecular weight excluding hydrogens is 261 g/mol. The molecule has 5 heteroatoms. The van der Waals surface area contributed by atoms with Crippen LogP contribution in [0.4, 0.5) is 15.9 Å². The molecule has 0 fully saturated rings. The van der Waals surface area contributed by atoms with Crippen molar-refractivity contribution < 1.29 is 4.39 Å². The van der Waals surface area contributed by atoms with Crippen molar-refractivity contribution in [3.8, 4) is 0 Å². The lowest BCUT2D eigenvalue weighted by Crippen LogP contribution is -2.20. The second-order valence-electron chi connectivity index (χ2n) is 3.94. The lowest BCUT2D eigenvalue weighted by Gasteiger charge is -2.22. The highest BCUT2D eigenvalue weighted by molar-refractivity contribution is 7.80. The average Bonchev–Trinajstić information content (AvgIpc) is 2.42. The van der Waals surface area contributed by atoms with E-state index < -0.39 is 0 Å². The average molecular weight is 275 g/mol. The molecule has 19 heavy (non-hydrogen) atoms. The second-order valence-corrected chi connectivity index (χ2v) is 4.38. The van der Waals surface area contributed by atoms with E-state index in [4.69, 9.17) is 18.0 Å². The molecule has 0 aliphatic rings. The molecule has 0 bridgehead atoms. The Morgan fingerprint density at radius 2 is 2.00 bits per heavy atom. The van der Waals surface area contributed by atoms with E-state index in [0.29, 0.717) is 23.7 Å². The zero-order chi connectivity index (χ0) is 13.8. The van der Waals surface area contributed by atoms with Gasteiger partial charge in [-0.15, -0.1) is 0 Å². The van der Waals surface area contributed by atoms with Crippen molar-refractivity contribution in [1.29, 1.82) is 0 Å². The van der Waals surface area contributed by atoms with E-state index in [9.17, 15) is 4.39 Å². The summed E-state index contributed by atoms with van der Waals surface area (Å²) in [6.45, 7) is 2.52. The monoisotopic (exact) mass is 275 g/mol. The van der Waals surface area contributed by atoms with Crippen molar-refractivity contribution in [2.24, 2.45) is 5.73 Å². The fourth-order valence-electron chi connectivity index (χ4n) is 1.84. The van der Waals surface area contributed by atoms with Crippen LogP contribution in [0.25, 0.3) is 0 Å². The van der Waals surface area contributed by atoms with Crippen LogP contribution in [0, 0.1) is 5.82 Å². The highest BCUT2D eigenvalue weighted by Gasteiger charge is 2.13. The minimum atomic E-state index is -0.285. The maximum absolute atomic E-state index is 13.9. The van der Waals surface area contributed by atoms with Gasteiger partial charge in [0.1, 0.15) is 16.6 Å². The first-order valence-electron chi connectivity index (χ1n) is 5.92. The summed E-state index contributed by atoms with van der Waals surface area (Å²) in [7, 11) is 0. The number of halogens is 1. The highest BCUT2D eigenvalue weighted by atomic mass is 32.1. The SMILES string of the molecule is CCN(c1cccc(C(N)=S)n1)c1ccccc1F. The summed E-state index contributed by atoms with van der Waals surface area (Å²) in [6.07, 6.45) is 0. The summed E-state index contributed by atoms with van der Waals surface area (Å²) in [4.78, 5) is 6.36. The van der Waals surface area contributed by atoms with Gasteiger partial charge in [-0.05, 0) is 31.2 Å². The van der Waals surface area contributed by atoms with Gasteiger partial charge in [-0.1, -0.05) is 30.4 Å². The quantitative estimate of drug-likeness (QED) is 0.871. The molecule has 0 atom stereocenters. The van der Waals surface area contributed by atoms with Crippen LogP contribution in [0.5, 0.6) is 0 Å². The molecule has 1 aromatic carbocycles. The molecule has 2 N–H and O–H groups in total. The number of anilines is 2. The van der Waals surface area contributed by atoms with E-state index >= 15 is 0 Å². The van der Waals surface area contributed by atoms with Crippen LogP contribution >= 0.6 is 12.2 Å². The Morgan fingerprint density at radius 3 is 2.63 bits per heavy atom. The Hall–Kier alpha value is -2.01. The Kier molecular flexibility index (Phi) is 4.06. The molecule has 3 nitrogen and oxygen atoms in total. The molecule has 0 saturated carbocycles. The summed E-state index contributed by atoms with van der Waals surface area (Å²) in [6, 6.07) is 11.9. The van der Waals surface area contributed by atoms with Gasteiger partial charge in [0.25, 0.3) is 0 Å². The number of thiocarbonyl (C=S) groups is 1. The number of rotatable bonds is 4. The molecule has 0 aliphatic carbocycles. The van der Waals surface area contributed by atoms with Gasteiger partial charge in [0.15, 0.2) is 0 Å². The summed E-state index contributed by atoms with van der Waals surface area (Å²) >= 11 is 4.91. The molecular formula is C14H14FN3S. The zero-order valence-corrected chi connectivity index (χ0v) is 11.3. The number of nitrogens with two attached hydrogens (primary N) is 1. The Labute approximate surface area is 116 Å². The summed E-state index contributed by atoms with van der Waals surface area (Å²) < 4.78 is 13.9. The summed E-state index contributed by atoms with van der Waals surface area (Å²) in [5.41, 5.74) is 6.58. The fourth-order valence-corrected chi connectivity index (χ4v) is 1.95. The van der Waals surface area contributed by atoms with Gasteiger partial charge >= 0.3 is 0 Å². The van der Waals surface area contributed by atoms with Gasteiger partial charge in [0.05, 0.1) is 11.4 Å². The van der Waals surface area contributed by atoms with Gasteiger partial charge in [0, 0.05) is 6.54 Å². The zero-order valence-electron chi connectivity index (χ0n) is 10.5. The van der Waals surface area contributed by atoms with Gasteiger partial charge in [-0.3, -0.25) is 0 Å². The van der Waals surface area contributed by atoms with Crippen LogP contribution in [0.3, 0.4) is 0 Å². The van der Waals surface area contributed by atoms with Crippen LogP contribution in [0.15, 0.2) is 42.5 Å². The number of benzene rings is 1. The van der Waals surface area contributed by atoms with E-state index in [2.05, 4.69) is 4.98 Å². The minimum Gasteiger partial charge on any atom is -0.388 e. The van der Waals surface area contributed by atoms with Crippen LogP contribution < -0.4 is 10.6 Å². The number of pyridine rings is 1. The molecule has 0 unspecified atom stereocenters. The lowest BCUT2D eigenvalue weighted by atomic mass is 10.2. The molecule has 2 aromatic rings. The van der Waals surface area contributed by atoms with Crippen LogP contribution in [-0.2, 0) is 0 Å². The molecule has 0 radical (unpaired) electrons. The number of hydrogen-bond acceptors (Lipinski definition) is 3. The van der Waals surface area contributed by atoms with Crippen molar-refractivity contribution in [2.75, 3.05) is 11.4 Å². The molecule has 0 saturated heterocycles. The first-order chi connectivity index (χ1) is 9.13. The van der Waals surface area contributed by atoms with E-state index in [1.165, 1.54) is 6.07 Å². The Morgan fingerprint density at radius 1 is 1.26 bits per heavy atom. The number of nitrogens with zero attached hydrogens (tertiary/aromatic N) is 2. The fraction of sp³-hybridized carbons (Fsp3) is 0.143. The molecule has 0 aliphatic heterocycles. The molecule has 2 rings (SSSR count). The predicted octanol–water partition coefficient (Wildman–Crippen LogP) is 3.01. The van der Waals surface area contributed by atoms with Crippen LogP contribution in [0.2, 0.25) is 0 Å². The molecule has 1 aromatic heterocycles. The third kappa shape index (κ3) is 2.88. The Bertz CT molecular complexity index is 601. The van der Waals surface area contributed by atoms with Crippen LogP contribution in [0.1, 0.15) is 12.6 Å². The molecule has 0 spiro atoms. The number of para-hydroxylation sites is 1. The summed E-state index contributed by atoms with van der Waals surface area (Å²) in [5.74, 6) is 0.338. The van der Waals surface area contributed by atoms with Crippen LogP contribution in [-0.4, -0.2) is 16.5 Å². The third-order valence-corrected chi connectivity index (χ3v) is 2.93. The van der Waals surface area contributed by atoms with Gasteiger partial charge in [-0.25, -0.2) is 9.37 Å². The lowest BCUT2D eigenvalue weighted by molar-refractivity contribution is 0.625. The number of aromatic nitrogens is 1. The third-order valence-electron chi connectivity index (χ3n) is 2.72. The van der Waals surface area contributed by atoms with E-state index in [-0.39, 0.29) is 10.8 Å². The maximum Gasteiger partial charge on any atom is 0.146 e. The smallest absolute Gasteiger partial charge is 0.146 e. The molecule has 0 amide bonds. The van der Waals surface area contributed by atoms with Gasteiger partial charge in [-0.2, -0.15) is 0 Å². The predicted molar refractivity (Wildman–Crippen MR) is 79.2 cm³/mol. The van der Waals surface area contributed by atoms with Crippen molar-refractivity contribution in [1.82, 2.24) is 4.98 Å². The maximum atomic E-state index is 13.9. The normalized spacial score (nSPS) is 10.2. The topological polar surface area (TPSA) is 42.1 Å². The van der Waals surface area contributed by atoms with Crippen molar-refractivity contribution in [3.05, 3.63) is 54.0 Å². The number of hydrogen-bond donors (Lipinski definition) is 1. The summed E-state index contributed by atoms with van der Waals surface area (Å²) in [5, 5.41) is 0. The van der Waals surface area contributed by atoms with Gasteiger partial charge in [0.2, 0.25) is 0 Å². The van der Waals surface area contributed by atoms with Crippen molar-refractivity contribution in [3.63, 3.8) is 0 Å². The highest BCUT2D eigenvalue weighted by Crippen LogP contribution is 2.25. The van der Waals surface area contributed by atoms with E-state index in [0.717, 1.165) is 0 Å². The second kappa shape index (κ2) is 5.75. The standard InChI is InChI=1S/C14H14FN3S/c1-2-18(12-8-4-3-6-10(12)15)13-9-5-7-11(17-13)14(16)19/h3-9H,2H2,1H3,(H2,16,19). The minimum absolute atomic E-state index is 0.228. The molecule has 1 heterocycles. The first kappa shape index (κ1) is 13.4. The van der Waals surface area contributed by atoms with E-state index in [1.807, 2.05) is 6.92 Å². The largest absolute Gasteiger partial charge is 0.388 e. The van der Waals surface area contributed by atoms with Gasteiger partial charge < -0.3 is 10.6 Å². The molecule has 98 valence electrons. The Balaban J connectivity index is 2.45.